The van der Waals surface area contributed by atoms with E-state index < -0.39 is 5.82 Å². The molecule has 0 aliphatic rings. The number of nitrogens with zero attached hydrogens (tertiary/aromatic N) is 1. The molecular formula is C19H19ClFN3O. The summed E-state index contributed by atoms with van der Waals surface area (Å²) in [4.78, 5) is 20.2. The molecule has 0 spiro atoms. The van der Waals surface area contributed by atoms with E-state index in [2.05, 4.69) is 15.3 Å². The van der Waals surface area contributed by atoms with E-state index in [-0.39, 0.29) is 34.9 Å². The van der Waals surface area contributed by atoms with Crippen LogP contribution in [0.25, 0.3) is 11.0 Å². The lowest BCUT2D eigenvalue weighted by atomic mass is 10.0. The number of imidazole rings is 1. The summed E-state index contributed by atoms with van der Waals surface area (Å²) < 4.78 is 13.9. The van der Waals surface area contributed by atoms with Crippen LogP contribution in [0.4, 0.5) is 4.39 Å². The van der Waals surface area contributed by atoms with Gasteiger partial charge in [-0.25, -0.2) is 9.37 Å². The Balaban J connectivity index is 1.81. The molecule has 3 aromatic rings. The summed E-state index contributed by atoms with van der Waals surface area (Å²) >= 11 is 6.00. The Morgan fingerprint density at radius 3 is 2.68 bits per heavy atom. The van der Waals surface area contributed by atoms with Crippen LogP contribution in [0.2, 0.25) is 5.02 Å². The number of amides is 1. The van der Waals surface area contributed by atoms with Crippen molar-refractivity contribution in [3.63, 3.8) is 0 Å². The molecule has 130 valence electrons. The van der Waals surface area contributed by atoms with Gasteiger partial charge in [-0.15, -0.1) is 0 Å². The van der Waals surface area contributed by atoms with Crippen LogP contribution in [0.5, 0.6) is 0 Å². The predicted octanol–water partition coefficient (Wildman–Crippen LogP) is 4.41. The van der Waals surface area contributed by atoms with Gasteiger partial charge in [-0.05, 0) is 30.2 Å². The van der Waals surface area contributed by atoms with Gasteiger partial charge in [0.15, 0.2) is 0 Å². The summed E-state index contributed by atoms with van der Waals surface area (Å²) in [5, 5.41) is 3.19. The molecule has 25 heavy (non-hydrogen) atoms. The highest BCUT2D eigenvalue weighted by Crippen LogP contribution is 2.23. The van der Waals surface area contributed by atoms with Crippen LogP contribution in [0, 0.1) is 11.7 Å². The van der Waals surface area contributed by atoms with Gasteiger partial charge in [0.2, 0.25) is 5.91 Å². The largest absolute Gasteiger partial charge is 0.346 e. The van der Waals surface area contributed by atoms with Gasteiger partial charge in [-0.3, -0.25) is 4.79 Å². The van der Waals surface area contributed by atoms with Crippen molar-refractivity contribution in [1.29, 1.82) is 0 Å². The Kier molecular flexibility index (Phi) is 5.04. The summed E-state index contributed by atoms with van der Waals surface area (Å²) in [6.45, 7) is 3.99. The van der Waals surface area contributed by atoms with Gasteiger partial charge in [-0.2, -0.15) is 0 Å². The fraction of sp³-hybridized carbons (Fsp3) is 0.263. The first-order valence-corrected chi connectivity index (χ1v) is 8.50. The monoisotopic (exact) mass is 359 g/mol. The molecule has 0 unspecified atom stereocenters. The van der Waals surface area contributed by atoms with Gasteiger partial charge in [0.05, 0.1) is 23.5 Å². The Labute approximate surface area is 150 Å². The van der Waals surface area contributed by atoms with Crippen LogP contribution >= 0.6 is 11.6 Å². The van der Waals surface area contributed by atoms with Crippen molar-refractivity contribution in [3.05, 3.63) is 64.7 Å². The van der Waals surface area contributed by atoms with Crippen LogP contribution in [0.1, 0.15) is 31.3 Å². The molecule has 4 nitrogen and oxygen atoms in total. The molecule has 0 bridgehead atoms. The second kappa shape index (κ2) is 7.23. The lowest BCUT2D eigenvalue weighted by Gasteiger charge is -2.20. The molecule has 0 saturated heterocycles. The van der Waals surface area contributed by atoms with Crippen LogP contribution in [-0.2, 0) is 11.2 Å². The minimum absolute atomic E-state index is 0.112. The molecule has 3 rings (SSSR count). The van der Waals surface area contributed by atoms with Crippen molar-refractivity contribution < 1.29 is 9.18 Å². The lowest BCUT2D eigenvalue weighted by molar-refractivity contribution is -0.121. The summed E-state index contributed by atoms with van der Waals surface area (Å²) in [5.74, 6) is 0.0171. The maximum Gasteiger partial charge on any atom is 0.225 e. The van der Waals surface area contributed by atoms with Gasteiger partial charge in [0.1, 0.15) is 11.6 Å². The summed E-state index contributed by atoms with van der Waals surface area (Å²) in [6.07, 6.45) is -0.116. The number of aromatic amines is 1. The van der Waals surface area contributed by atoms with Gasteiger partial charge < -0.3 is 10.3 Å². The zero-order chi connectivity index (χ0) is 18.0. The molecule has 1 heterocycles. The highest BCUT2D eigenvalue weighted by atomic mass is 35.5. The molecule has 2 N–H and O–H groups in total. The molecule has 0 aliphatic heterocycles. The number of benzene rings is 2. The summed E-state index contributed by atoms with van der Waals surface area (Å²) in [7, 11) is 0. The third-order valence-corrected chi connectivity index (χ3v) is 4.44. The predicted molar refractivity (Wildman–Crippen MR) is 96.9 cm³/mol. The molecule has 0 radical (unpaired) electrons. The quantitative estimate of drug-likeness (QED) is 0.708. The van der Waals surface area contributed by atoms with E-state index in [1.807, 2.05) is 38.1 Å². The van der Waals surface area contributed by atoms with Crippen LogP contribution in [0.15, 0.2) is 42.5 Å². The third kappa shape index (κ3) is 3.82. The number of hydrogen-bond donors (Lipinski definition) is 2. The number of nitrogens with one attached hydrogen (secondary N) is 2. The molecule has 0 fully saturated rings. The van der Waals surface area contributed by atoms with Crippen molar-refractivity contribution in [2.24, 2.45) is 5.92 Å². The second-order valence-electron chi connectivity index (χ2n) is 6.31. The van der Waals surface area contributed by atoms with E-state index in [9.17, 15) is 9.18 Å². The first-order chi connectivity index (χ1) is 12.0. The van der Waals surface area contributed by atoms with Gasteiger partial charge in [0.25, 0.3) is 0 Å². The standard InChI is InChI=1S/C19H19ClFN3O/c1-11(2)18(19-22-15-8-3-4-9-16(15)23-19)24-17(25)10-12-13(20)6-5-7-14(12)21/h3-9,11,18H,10H2,1-2H3,(H,22,23)(H,24,25)/t18-/m1/s1. The number of fused-ring (bicyclic) bond motifs is 1. The van der Waals surface area contributed by atoms with Gasteiger partial charge in [-0.1, -0.05) is 43.6 Å². The summed E-state index contributed by atoms with van der Waals surface area (Å²) in [5.41, 5.74) is 1.96. The normalized spacial score (nSPS) is 12.5. The van der Waals surface area contributed by atoms with Crippen molar-refractivity contribution >= 4 is 28.5 Å². The molecule has 1 aromatic heterocycles. The first-order valence-electron chi connectivity index (χ1n) is 8.12. The highest BCUT2D eigenvalue weighted by molar-refractivity contribution is 6.31. The first kappa shape index (κ1) is 17.4. The van der Waals surface area contributed by atoms with Crippen LogP contribution in [0.3, 0.4) is 0 Å². The van der Waals surface area contributed by atoms with Crippen molar-refractivity contribution in [2.45, 2.75) is 26.3 Å². The molecule has 6 heteroatoms. The Morgan fingerprint density at radius 1 is 1.24 bits per heavy atom. The van der Waals surface area contributed by atoms with Crippen molar-refractivity contribution in [1.82, 2.24) is 15.3 Å². The second-order valence-corrected chi connectivity index (χ2v) is 6.71. The average Bonchev–Trinajstić information content (AvgIpc) is 2.99. The number of rotatable bonds is 5. The molecule has 1 amide bonds. The van der Waals surface area contributed by atoms with Gasteiger partial charge in [0, 0.05) is 10.6 Å². The van der Waals surface area contributed by atoms with Crippen molar-refractivity contribution in [2.75, 3.05) is 0 Å². The Hall–Kier alpha value is -2.40. The number of carbonyl (C=O) groups is 1. The Bertz CT molecular complexity index is 853. The maximum absolute atomic E-state index is 13.9. The summed E-state index contributed by atoms with van der Waals surface area (Å²) in [6, 6.07) is 11.8. The smallest absolute Gasteiger partial charge is 0.225 e. The van der Waals surface area contributed by atoms with E-state index in [1.54, 1.807) is 6.07 Å². The molecule has 2 aromatic carbocycles. The third-order valence-electron chi connectivity index (χ3n) is 4.08. The number of halogens is 2. The molecule has 1 atom stereocenters. The average molecular weight is 360 g/mol. The van der Waals surface area contributed by atoms with E-state index >= 15 is 0 Å². The maximum atomic E-state index is 13.9. The topological polar surface area (TPSA) is 57.8 Å². The number of para-hydroxylation sites is 2. The fourth-order valence-electron chi connectivity index (χ4n) is 2.76. The number of carbonyl (C=O) groups excluding carboxylic acids is 1. The van der Waals surface area contributed by atoms with Crippen molar-refractivity contribution in [3.8, 4) is 0 Å². The highest BCUT2D eigenvalue weighted by Gasteiger charge is 2.23. The molecule has 0 saturated carbocycles. The zero-order valence-corrected chi connectivity index (χ0v) is 14.8. The van der Waals surface area contributed by atoms with Crippen LogP contribution in [-0.4, -0.2) is 15.9 Å². The number of aromatic nitrogens is 2. The molecular weight excluding hydrogens is 341 g/mol. The molecule has 0 aliphatic carbocycles. The van der Waals surface area contributed by atoms with E-state index in [4.69, 9.17) is 11.6 Å². The zero-order valence-electron chi connectivity index (χ0n) is 14.0. The lowest BCUT2D eigenvalue weighted by Crippen LogP contribution is -2.33. The minimum atomic E-state index is -0.479. The van der Waals surface area contributed by atoms with E-state index in [0.29, 0.717) is 5.82 Å². The van der Waals surface area contributed by atoms with E-state index in [0.717, 1.165) is 11.0 Å². The fourth-order valence-corrected chi connectivity index (χ4v) is 2.99. The number of hydrogen-bond acceptors (Lipinski definition) is 2. The SMILES string of the molecule is CC(C)[C@@H](NC(=O)Cc1c(F)cccc1Cl)c1nc2ccccc2[nH]1. The number of H-pyrrole nitrogens is 1. The van der Waals surface area contributed by atoms with Gasteiger partial charge >= 0.3 is 0 Å². The van der Waals surface area contributed by atoms with Crippen LogP contribution < -0.4 is 5.32 Å². The van der Waals surface area contributed by atoms with E-state index in [1.165, 1.54) is 12.1 Å². The minimum Gasteiger partial charge on any atom is -0.346 e. The Morgan fingerprint density at radius 2 is 2.00 bits per heavy atom.